The molecule has 0 aliphatic rings. The van der Waals surface area contributed by atoms with Crippen molar-refractivity contribution in [2.75, 3.05) is 19.8 Å². The van der Waals surface area contributed by atoms with Gasteiger partial charge in [-0.15, -0.1) is 0 Å². The zero-order chi connectivity index (χ0) is 12.9. The Labute approximate surface area is 102 Å². The average molecular weight is 239 g/mol. The average Bonchev–Trinajstić information content (AvgIpc) is 2.36. The minimum Gasteiger partial charge on any atom is -0.394 e. The lowest BCUT2D eigenvalue weighted by atomic mass is 10.00. The van der Waals surface area contributed by atoms with Gasteiger partial charge in [0.1, 0.15) is 0 Å². The molecule has 0 saturated heterocycles. The van der Waals surface area contributed by atoms with Gasteiger partial charge in [-0.25, -0.2) is 0 Å². The van der Waals surface area contributed by atoms with E-state index in [2.05, 4.69) is 5.32 Å². The van der Waals surface area contributed by atoms with Crippen molar-refractivity contribution in [1.29, 1.82) is 0 Å². The second-order valence-corrected chi connectivity index (χ2v) is 4.47. The van der Waals surface area contributed by atoms with E-state index in [1.54, 1.807) is 0 Å². The van der Waals surface area contributed by atoms with Crippen LogP contribution in [-0.2, 0) is 6.54 Å². The number of hydrogen-bond acceptors (Lipinski definition) is 4. The first-order valence-corrected chi connectivity index (χ1v) is 5.71. The van der Waals surface area contributed by atoms with Crippen molar-refractivity contribution in [2.45, 2.75) is 25.9 Å². The lowest BCUT2D eigenvalue weighted by molar-refractivity contribution is 0.0413. The van der Waals surface area contributed by atoms with E-state index in [4.69, 9.17) is 0 Å². The van der Waals surface area contributed by atoms with Crippen molar-refractivity contribution in [3.05, 3.63) is 34.9 Å². The van der Waals surface area contributed by atoms with Crippen molar-refractivity contribution in [2.24, 2.45) is 0 Å². The molecule has 1 aromatic carbocycles. The Kier molecular flexibility index (Phi) is 5.08. The SMILES string of the molecule is Cc1cccc(CNC(CO)(CO)CO)c1C. The molecule has 4 N–H and O–H groups in total. The predicted octanol–water partition coefficient (Wildman–Crippen LogP) is 0.109. The fourth-order valence-corrected chi connectivity index (χ4v) is 1.60. The Morgan fingerprint density at radius 1 is 1.06 bits per heavy atom. The molecule has 0 aromatic heterocycles. The van der Waals surface area contributed by atoms with E-state index in [1.807, 2.05) is 32.0 Å². The third kappa shape index (κ3) is 3.26. The van der Waals surface area contributed by atoms with Gasteiger partial charge in [0.15, 0.2) is 0 Å². The summed E-state index contributed by atoms with van der Waals surface area (Å²) in [7, 11) is 0. The highest BCUT2D eigenvalue weighted by atomic mass is 16.3. The van der Waals surface area contributed by atoms with E-state index in [0.717, 1.165) is 5.56 Å². The van der Waals surface area contributed by atoms with Crippen molar-refractivity contribution >= 4 is 0 Å². The first-order chi connectivity index (χ1) is 8.08. The molecule has 0 spiro atoms. The highest BCUT2D eigenvalue weighted by Gasteiger charge is 2.27. The molecule has 0 amide bonds. The fourth-order valence-electron chi connectivity index (χ4n) is 1.60. The Hall–Kier alpha value is -0.940. The Morgan fingerprint density at radius 3 is 2.18 bits per heavy atom. The smallest absolute Gasteiger partial charge is 0.0884 e. The zero-order valence-electron chi connectivity index (χ0n) is 10.4. The van der Waals surface area contributed by atoms with Gasteiger partial charge in [0.05, 0.1) is 25.4 Å². The van der Waals surface area contributed by atoms with E-state index in [-0.39, 0.29) is 19.8 Å². The third-order valence-corrected chi connectivity index (χ3v) is 3.28. The number of aryl methyl sites for hydroxylation is 1. The summed E-state index contributed by atoms with van der Waals surface area (Å²) in [6.07, 6.45) is 0. The number of hydrogen-bond donors (Lipinski definition) is 4. The van der Waals surface area contributed by atoms with Gasteiger partial charge in [0, 0.05) is 6.54 Å². The quantitative estimate of drug-likeness (QED) is 0.568. The summed E-state index contributed by atoms with van der Waals surface area (Å²) >= 11 is 0. The van der Waals surface area contributed by atoms with Crippen LogP contribution in [0.1, 0.15) is 16.7 Å². The van der Waals surface area contributed by atoms with Crippen LogP contribution in [0.15, 0.2) is 18.2 Å². The summed E-state index contributed by atoms with van der Waals surface area (Å²) in [4.78, 5) is 0. The maximum atomic E-state index is 9.20. The lowest BCUT2D eigenvalue weighted by Crippen LogP contribution is -2.54. The van der Waals surface area contributed by atoms with Gasteiger partial charge >= 0.3 is 0 Å². The molecule has 1 aromatic rings. The standard InChI is InChI=1S/C13H21NO3/c1-10-4-3-5-12(11(10)2)6-14-13(7-15,8-16)9-17/h3-5,14-17H,6-9H2,1-2H3. The minimum atomic E-state index is -1.02. The monoisotopic (exact) mass is 239 g/mol. The highest BCUT2D eigenvalue weighted by molar-refractivity contribution is 5.33. The van der Waals surface area contributed by atoms with Crippen molar-refractivity contribution in [1.82, 2.24) is 5.32 Å². The van der Waals surface area contributed by atoms with E-state index < -0.39 is 5.54 Å². The van der Waals surface area contributed by atoms with Crippen molar-refractivity contribution in [3.63, 3.8) is 0 Å². The Morgan fingerprint density at radius 2 is 1.65 bits per heavy atom. The van der Waals surface area contributed by atoms with Crippen LogP contribution >= 0.6 is 0 Å². The van der Waals surface area contributed by atoms with E-state index in [1.165, 1.54) is 11.1 Å². The number of aliphatic hydroxyl groups excluding tert-OH is 3. The first kappa shape index (κ1) is 14.1. The molecule has 0 fully saturated rings. The molecule has 4 nitrogen and oxygen atoms in total. The van der Waals surface area contributed by atoms with Crippen LogP contribution < -0.4 is 5.32 Å². The Bertz CT molecular complexity index is 353. The van der Waals surface area contributed by atoms with Gasteiger partial charge in [-0.05, 0) is 30.5 Å². The van der Waals surface area contributed by atoms with Gasteiger partial charge in [-0.2, -0.15) is 0 Å². The van der Waals surface area contributed by atoms with Gasteiger partial charge in [0.25, 0.3) is 0 Å². The summed E-state index contributed by atoms with van der Waals surface area (Å²) in [5.74, 6) is 0. The topological polar surface area (TPSA) is 72.7 Å². The summed E-state index contributed by atoms with van der Waals surface area (Å²) in [5.41, 5.74) is 2.47. The number of benzene rings is 1. The van der Waals surface area contributed by atoms with Crippen LogP contribution in [0.2, 0.25) is 0 Å². The van der Waals surface area contributed by atoms with Gasteiger partial charge in [-0.1, -0.05) is 18.2 Å². The summed E-state index contributed by atoms with van der Waals surface area (Å²) in [6.45, 7) is 3.68. The van der Waals surface area contributed by atoms with Crippen molar-refractivity contribution in [3.8, 4) is 0 Å². The number of aliphatic hydroxyl groups is 3. The molecule has 0 bridgehead atoms. The van der Waals surface area contributed by atoms with Crippen LogP contribution in [-0.4, -0.2) is 40.7 Å². The summed E-state index contributed by atoms with van der Waals surface area (Å²) < 4.78 is 0. The van der Waals surface area contributed by atoms with Crippen LogP contribution in [0.25, 0.3) is 0 Å². The molecule has 0 heterocycles. The molecule has 4 heteroatoms. The Balaban J connectivity index is 2.75. The summed E-state index contributed by atoms with van der Waals surface area (Å²) in [5, 5.41) is 30.6. The fraction of sp³-hybridized carbons (Fsp3) is 0.538. The van der Waals surface area contributed by atoms with Crippen LogP contribution in [0, 0.1) is 13.8 Å². The van der Waals surface area contributed by atoms with Gasteiger partial charge in [-0.3, -0.25) is 0 Å². The minimum absolute atomic E-state index is 0.301. The van der Waals surface area contributed by atoms with E-state index in [9.17, 15) is 15.3 Å². The van der Waals surface area contributed by atoms with Crippen LogP contribution in [0.4, 0.5) is 0 Å². The first-order valence-electron chi connectivity index (χ1n) is 5.71. The molecule has 0 saturated carbocycles. The maximum Gasteiger partial charge on any atom is 0.0884 e. The lowest BCUT2D eigenvalue weighted by Gasteiger charge is -2.29. The van der Waals surface area contributed by atoms with Crippen molar-refractivity contribution < 1.29 is 15.3 Å². The molecule has 0 unspecified atom stereocenters. The normalized spacial score (nSPS) is 11.8. The maximum absolute atomic E-state index is 9.20. The third-order valence-electron chi connectivity index (χ3n) is 3.28. The molecule has 0 atom stereocenters. The molecule has 0 aliphatic heterocycles. The number of rotatable bonds is 6. The molecule has 17 heavy (non-hydrogen) atoms. The molecular weight excluding hydrogens is 218 g/mol. The summed E-state index contributed by atoms with van der Waals surface area (Å²) in [6, 6.07) is 6.00. The second kappa shape index (κ2) is 6.12. The van der Waals surface area contributed by atoms with Crippen LogP contribution in [0.5, 0.6) is 0 Å². The van der Waals surface area contributed by atoms with E-state index >= 15 is 0 Å². The largest absolute Gasteiger partial charge is 0.394 e. The molecule has 0 aliphatic carbocycles. The zero-order valence-corrected chi connectivity index (χ0v) is 10.4. The van der Waals surface area contributed by atoms with Gasteiger partial charge < -0.3 is 20.6 Å². The molecular formula is C13H21NO3. The van der Waals surface area contributed by atoms with Crippen LogP contribution in [0.3, 0.4) is 0 Å². The molecule has 0 radical (unpaired) electrons. The van der Waals surface area contributed by atoms with Gasteiger partial charge in [0.2, 0.25) is 0 Å². The second-order valence-electron chi connectivity index (χ2n) is 4.47. The molecule has 1 rings (SSSR count). The number of nitrogens with one attached hydrogen (secondary N) is 1. The highest BCUT2D eigenvalue weighted by Crippen LogP contribution is 2.13. The predicted molar refractivity (Wildman–Crippen MR) is 66.7 cm³/mol. The van der Waals surface area contributed by atoms with E-state index in [0.29, 0.717) is 6.54 Å². The molecule has 96 valence electrons.